The number of nitrogens with zero attached hydrogens (tertiary/aromatic N) is 2. The smallest absolute Gasteiger partial charge is 0.225 e. The number of hydrogen-bond acceptors (Lipinski definition) is 3. The molecule has 1 heterocycles. The van der Waals surface area contributed by atoms with Gasteiger partial charge in [0.15, 0.2) is 5.96 Å². The zero-order valence-electron chi connectivity index (χ0n) is 17.5. The quantitative estimate of drug-likeness (QED) is 0.538. The molecule has 1 unspecified atom stereocenters. The Kier molecular flexibility index (Phi) is 6.26. The molecule has 29 heavy (non-hydrogen) atoms. The molecule has 1 aliphatic heterocycles. The van der Waals surface area contributed by atoms with E-state index in [2.05, 4.69) is 21.7 Å². The molecular formula is C23H34N4O2. The molecule has 0 spiro atoms. The fraction of sp³-hybridized carbons (Fsp3) is 0.652. The number of phenols is 1. The lowest BCUT2D eigenvalue weighted by molar-refractivity contribution is -0.134. The minimum Gasteiger partial charge on any atom is -0.508 e. The zero-order valence-corrected chi connectivity index (χ0v) is 17.5. The second-order valence-electron chi connectivity index (χ2n) is 8.73. The van der Waals surface area contributed by atoms with Crippen molar-refractivity contribution in [1.82, 2.24) is 15.5 Å². The number of rotatable bonds is 4. The third-order valence-electron chi connectivity index (χ3n) is 6.83. The molecule has 6 heteroatoms. The fourth-order valence-corrected chi connectivity index (χ4v) is 5.16. The van der Waals surface area contributed by atoms with Crippen molar-refractivity contribution >= 4 is 11.9 Å². The van der Waals surface area contributed by atoms with Crippen LogP contribution in [0.2, 0.25) is 0 Å². The Morgan fingerprint density at radius 3 is 2.76 bits per heavy atom. The first-order valence-electron chi connectivity index (χ1n) is 11.2. The Morgan fingerprint density at radius 1 is 1.17 bits per heavy atom. The van der Waals surface area contributed by atoms with Crippen LogP contribution in [0.25, 0.3) is 0 Å². The van der Waals surface area contributed by atoms with Gasteiger partial charge in [0.25, 0.3) is 0 Å². The summed E-state index contributed by atoms with van der Waals surface area (Å²) in [6.07, 6.45) is 10.00. The predicted octanol–water partition coefficient (Wildman–Crippen LogP) is 2.73. The van der Waals surface area contributed by atoms with Crippen molar-refractivity contribution in [3.63, 3.8) is 0 Å². The monoisotopic (exact) mass is 398 g/mol. The van der Waals surface area contributed by atoms with Crippen molar-refractivity contribution in [2.75, 3.05) is 20.1 Å². The maximum absolute atomic E-state index is 12.7. The summed E-state index contributed by atoms with van der Waals surface area (Å²) in [6.45, 7) is 2.14. The molecule has 3 N–H and O–H groups in total. The van der Waals surface area contributed by atoms with Gasteiger partial charge in [-0.25, -0.2) is 0 Å². The number of likely N-dealkylation sites (tertiary alicyclic amines) is 1. The first-order valence-corrected chi connectivity index (χ1v) is 11.2. The van der Waals surface area contributed by atoms with Crippen molar-refractivity contribution < 1.29 is 9.90 Å². The molecule has 4 rings (SSSR count). The van der Waals surface area contributed by atoms with Crippen LogP contribution in [-0.4, -0.2) is 48.1 Å². The van der Waals surface area contributed by atoms with Crippen molar-refractivity contribution in [2.24, 2.45) is 10.9 Å². The van der Waals surface area contributed by atoms with Gasteiger partial charge in [-0.3, -0.25) is 9.79 Å². The lowest BCUT2D eigenvalue weighted by Crippen LogP contribution is -2.45. The number of phenolic OH excluding ortho intramolecular Hbond substituents is 1. The molecule has 2 fully saturated rings. The molecule has 2 aliphatic carbocycles. The van der Waals surface area contributed by atoms with Gasteiger partial charge in [0.2, 0.25) is 5.91 Å². The van der Waals surface area contributed by atoms with Gasteiger partial charge in [0, 0.05) is 44.2 Å². The molecule has 0 aromatic heterocycles. The van der Waals surface area contributed by atoms with Gasteiger partial charge in [-0.1, -0.05) is 18.9 Å². The van der Waals surface area contributed by atoms with Crippen molar-refractivity contribution in [2.45, 2.75) is 70.4 Å². The fourth-order valence-electron chi connectivity index (χ4n) is 5.16. The molecule has 6 nitrogen and oxygen atoms in total. The van der Waals surface area contributed by atoms with E-state index in [0.717, 1.165) is 56.7 Å². The summed E-state index contributed by atoms with van der Waals surface area (Å²) in [5, 5.41) is 17.2. The number of aromatic hydroxyl groups is 1. The van der Waals surface area contributed by atoms with Crippen LogP contribution in [0.15, 0.2) is 17.1 Å². The van der Waals surface area contributed by atoms with Crippen LogP contribution < -0.4 is 10.6 Å². The highest BCUT2D eigenvalue weighted by molar-refractivity contribution is 5.81. The molecule has 0 bridgehead atoms. The first kappa shape index (κ1) is 20.0. The highest BCUT2D eigenvalue weighted by atomic mass is 16.3. The van der Waals surface area contributed by atoms with Gasteiger partial charge in [-0.15, -0.1) is 0 Å². The summed E-state index contributed by atoms with van der Waals surface area (Å²) in [6, 6.07) is 4.11. The van der Waals surface area contributed by atoms with Crippen LogP contribution in [0.3, 0.4) is 0 Å². The normalized spacial score (nSPS) is 22.6. The van der Waals surface area contributed by atoms with Crippen LogP contribution in [0.5, 0.6) is 5.75 Å². The SMILES string of the molecule is CN=C(NCc1c(O)ccc2c1CCCC2)NC1CCN(C(=O)C2CCCC2)C1. The van der Waals surface area contributed by atoms with E-state index in [1.807, 2.05) is 11.0 Å². The number of carbonyl (C=O) groups excluding carboxylic acids is 1. The number of guanidine groups is 1. The van der Waals surface area contributed by atoms with Crippen molar-refractivity contribution in [1.29, 1.82) is 0 Å². The van der Waals surface area contributed by atoms with E-state index in [0.29, 0.717) is 18.2 Å². The molecule has 3 aliphatic rings. The summed E-state index contributed by atoms with van der Waals surface area (Å²) in [5.74, 6) is 1.69. The molecule has 1 saturated heterocycles. The van der Waals surface area contributed by atoms with Crippen LogP contribution in [0.4, 0.5) is 0 Å². The highest BCUT2D eigenvalue weighted by Gasteiger charge is 2.32. The molecule has 1 saturated carbocycles. The highest BCUT2D eigenvalue weighted by Crippen LogP contribution is 2.30. The summed E-state index contributed by atoms with van der Waals surface area (Å²) >= 11 is 0. The number of amides is 1. The third-order valence-corrected chi connectivity index (χ3v) is 6.83. The van der Waals surface area contributed by atoms with Crippen molar-refractivity contribution in [3.05, 3.63) is 28.8 Å². The Labute approximate surface area is 173 Å². The van der Waals surface area contributed by atoms with E-state index in [9.17, 15) is 9.90 Å². The van der Waals surface area contributed by atoms with Crippen LogP contribution in [0.1, 0.15) is 61.6 Å². The molecular weight excluding hydrogens is 364 g/mol. The standard InChI is InChI=1S/C23H34N4O2/c1-24-23(25-14-20-19-9-5-4-6-16(19)10-11-21(20)28)26-18-12-13-27(15-18)22(29)17-7-2-3-8-17/h10-11,17-18,28H,2-9,12-15H2,1H3,(H2,24,25,26). The van der Waals surface area contributed by atoms with Crippen LogP contribution in [0, 0.1) is 5.92 Å². The van der Waals surface area contributed by atoms with Crippen LogP contribution >= 0.6 is 0 Å². The molecule has 158 valence electrons. The minimum absolute atomic E-state index is 0.227. The number of benzene rings is 1. The Balaban J connectivity index is 1.32. The maximum atomic E-state index is 12.7. The topological polar surface area (TPSA) is 77.0 Å². The van der Waals surface area contributed by atoms with Gasteiger partial charge in [-0.05, 0) is 62.1 Å². The number of fused-ring (bicyclic) bond motifs is 1. The van der Waals surface area contributed by atoms with E-state index in [1.165, 1.54) is 36.8 Å². The Bertz CT molecular complexity index is 770. The van der Waals surface area contributed by atoms with E-state index in [-0.39, 0.29) is 12.0 Å². The van der Waals surface area contributed by atoms with Crippen LogP contribution in [-0.2, 0) is 24.2 Å². The average Bonchev–Trinajstić information content (AvgIpc) is 3.44. The zero-order chi connectivity index (χ0) is 20.2. The first-order chi connectivity index (χ1) is 14.2. The molecule has 1 amide bonds. The van der Waals surface area contributed by atoms with E-state index >= 15 is 0 Å². The Hall–Kier alpha value is -2.24. The van der Waals surface area contributed by atoms with E-state index in [4.69, 9.17) is 0 Å². The number of aryl methyl sites for hydroxylation is 1. The summed E-state index contributed by atoms with van der Waals surface area (Å²) in [7, 11) is 1.77. The maximum Gasteiger partial charge on any atom is 0.225 e. The molecule has 0 radical (unpaired) electrons. The van der Waals surface area contributed by atoms with E-state index < -0.39 is 0 Å². The molecule has 1 aromatic carbocycles. The third kappa shape index (κ3) is 4.51. The second kappa shape index (κ2) is 9.06. The number of carbonyl (C=O) groups is 1. The van der Waals surface area contributed by atoms with Gasteiger partial charge in [-0.2, -0.15) is 0 Å². The number of nitrogens with one attached hydrogen (secondary N) is 2. The number of hydrogen-bond donors (Lipinski definition) is 3. The van der Waals surface area contributed by atoms with Gasteiger partial charge in [0.1, 0.15) is 5.75 Å². The lowest BCUT2D eigenvalue weighted by Gasteiger charge is -2.23. The summed E-state index contributed by atoms with van der Waals surface area (Å²) in [4.78, 5) is 19.1. The average molecular weight is 399 g/mol. The molecule has 1 aromatic rings. The van der Waals surface area contributed by atoms with E-state index in [1.54, 1.807) is 7.05 Å². The Morgan fingerprint density at radius 2 is 1.97 bits per heavy atom. The van der Waals surface area contributed by atoms with Gasteiger partial charge < -0.3 is 20.6 Å². The second-order valence-corrected chi connectivity index (χ2v) is 8.73. The van der Waals surface area contributed by atoms with Gasteiger partial charge >= 0.3 is 0 Å². The predicted molar refractivity (Wildman–Crippen MR) is 115 cm³/mol. The summed E-state index contributed by atoms with van der Waals surface area (Å²) in [5.41, 5.74) is 3.66. The lowest BCUT2D eigenvalue weighted by atomic mass is 9.88. The summed E-state index contributed by atoms with van der Waals surface area (Å²) < 4.78 is 0. The minimum atomic E-state index is 0.227. The largest absolute Gasteiger partial charge is 0.508 e. The molecule has 1 atom stereocenters. The van der Waals surface area contributed by atoms with Gasteiger partial charge in [0.05, 0.1) is 0 Å². The van der Waals surface area contributed by atoms with Crippen molar-refractivity contribution in [3.8, 4) is 5.75 Å². The number of aliphatic imine (C=N–C) groups is 1.